The predicted molar refractivity (Wildman–Crippen MR) is 136 cm³/mol. The lowest BCUT2D eigenvalue weighted by molar-refractivity contribution is -0.0525. The van der Waals surface area contributed by atoms with Gasteiger partial charge in [-0.1, -0.05) is 51.3 Å². The molecule has 0 radical (unpaired) electrons. The molecule has 2 aromatic heterocycles. The number of ether oxygens (including phenoxy) is 2. The number of carbonyl (C=O) groups is 1. The Balaban J connectivity index is 0.000000555. The van der Waals surface area contributed by atoms with E-state index in [9.17, 15) is 18.4 Å². The molecule has 2 amide bonds. The van der Waals surface area contributed by atoms with Gasteiger partial charge in [0, 0.05) is 23.9 Å². The van der Waals surface area contributed by atoms with Crippen molar-refractivity contribution in [1.29, 1.82) is 0 Å². The highest BCUT2D eigenvalue weighted by atomic mass is 19.3. The molecule has 1 aliphatic rings. The molecule has 3 aromatic rings. The molecule has 0 unspecified atom stereocenters. The first-order valence-corrected chi connectivity index (χ1v) is 12.1. The lowest BCUT2D eigenvalue weighted by Crippen LogP contribution is -2.44. The first-order chi connectivity index (χ1) is 17.8. The summed E-state index contributed by atoms with van der Waals surface area (Å²) in [6.07, 6.45) is 6.31. The van der Waals surface area contributed by atoms with Crippen molar-refractivity contribution in [2.45, 2.75) is 64.5 Å². The molecule has 1 saturated carbocycles. The first-order valence-electron chi connectivity index (χ1n) is 12.1. The van der Waals surface area contributed by atoms with Gasteiger partial charge < -0.3 is 19.3 Å². The van der Waals surface area contributed by atoms with Crippen LogP contribution >= 0.6 is 0 Å². The zero-order chi connectivity index (χ0) is 26.8. The molecule has 0 atom stereocenters. The molecule has 2 N–H and O–H groups in total. The first kappa shape index (κ1) is 27.7. The van der Waals surface area contributed by atoms with Gasteiger partial charge in [-0.05, 0) is 36.5 Å². The van der Waals surface area contributed by atoms with Crippen LogP contribution in [0.25, 0.3) is 0 Å². The topological polar surface area (TPSA) is 110 Å². The Labute approximate surface area is 213 Å². The van der Waals surface area contributed by atoms with E-state index in [1.54, 1.807) is 4.90 Å². The zero-order valence-electron chi connectivity index (χ0n) is 21.1. The van der Waals surface area contributed by atoms with Crippen LogP contribution in [0, 0.1) is 0 Å². The Morgan fingerprint density at radius 3 is 2.43 bits per heavy atom. The van der Waals surface area contributed by atoms with E-state index in [4.69, 9.17) is 4.74 Å². The summed E-state index contributed by atoms with van der Waals surface area (Å²) < 4.78 is 39.6. The molecular formula is C26H32F2N4O5. The second-order valence-corrected chi connectivity index (χ2v) is 8.78. The highest BCUT2D eigenvalue weighted by Crippen LogP contribution is 2.34. The summed E-state index contributed by atoms with van der Waals surface area (Å²) in [4.78, 5) is 29.1. The number of nitrogens with one attached hydrogen (secondary N) is 2. The largest absolute Gasteiger partial charge is 0.481 e. The quantitative estimate of drug-likeness (QED) is 0.388. The van der Waals surface area contributed by atoms with Gasteiger partial charge >= 0.3 is 12.6 Å². The number of rotatable bonds is 7. The minimum atomic E-state index is -3.08. The van der Waals surface area contributed by atoms with Crippen LogP contribution in [0.15, 0.2) is 58.0 Å². The maximum Gasteiger partial charge on any atom is 0.388 e. The number of aromatic nitrogens is 2. The third-order valence-electron chi connectivity index (χ3n) is 5.91. The smallest absolute Gasteiger partial charge is 0.388 e. The summed E-state index contributed by atoms with van der Waals surface area (Å²) in [5.74, 6) is -0.0538. The van der Waals surface area contributed by atoms with Crippen LogP contribution < -0.4 is 25.2 Å². The number of para-hydroxylation sites is 1. The normalized spacial score (nSPS) is 13.6. The molecular weight excluding hydrogens is 486 g/mol. The third-order valence-corrected chi connectivity index (χ3v) is 5.91. The van der Waals surface area contributed by atoms with E-state index in [1.807, 2.05) is 24.3 Å². The monoisotopic (exact) mass is 518 g/mol. The lowest BCUT2D eigenvalue weighted by atomic mass is 9.92. The summed E-state index contributed by atoms with van der Waals surface area (Å²) in [5, 5.41) is 4.81. The molecule has 1 fully saturated rings. The third kappa shape index (κ3) is 7.80. The summed E-state index contributed by atoms with van der Waals surface area (Å²) >= 11 is 0. The maximum absolute atomic E-state index is 13.5. The van der Waals surface area contributed by atoms with Crippen LogP contribution in [-0.2, 0) is 0 Å². The van der Waals surface area contributed by atoms with Crippen molar-refractivity contribution in [2.75, 3.05) is 17.3 Å². The molecule has 37 heavy (non-hydrogen) atoms. The molecule has 1 aliphatic carbocycles. The zero-order valence-corrected chi connectivity index (χ0v) is 21.1. The maximum atomic E-state index is 13.5. The summed E-state index contributed by atoms with van der Waals surface area (Å²) in [6.45, 7) is 1.08. The number of amides is 2. The van der Waals surface area contributed by atoms with E-state index >= 15 is 0 Å². The fourth-order valence-electron chi connectivity index (χ4n) is 4.21. The average molecular weight is 519 g/mol. The number of carbonyl (C=O) groups excluding carboxylic acids is 1. The Bertz CT molecular complexity index is 1170. The minimum absolute atomic E-state index is 0.0272. The van der Waals surface area contributed by atoms with Crippen LogP contribution in [0.4, 0.5) is 25.0 Å². The van der Waals surface area contributed by atoms with Gasteiger partial charge in [0.25, 0.3) is 5.56 Å². The second kappa shape index (κ2) is 13.4. The van der Waals surface area contributed by atoms with Crippen molar-refractivity contribution in [3.05, 3.63) is 64.6 Å². The van der Waals surface area contributed by atoms with Crippen LogP contribution in [0.2, 0.25) is 0 Å². The van der Waals surface area contributed by atoms with Crippen molar-refractivity contribution in [3.8, 4) is 11.8 Å². The number of urea groups is 1. The number of hydrogen-bond donors (Lipinski definition) is 2. The van der Waals surface area contributed by atoms with Gasteiger partial charge in [0.05, 0.1) is 7.11 Å². The van der Waals surface area contributed by atoms with Crippen LogP contribution in [0.5, 0.6) is 11.8 Å². The van der Waals surface area contributed by atoms with E-state index in [0.29, 0.717) is 0 Å². The minimum Gasteiger partial charge on any atom is -0.481 e. The number of hydrogen-bond acceptors (Lipinski definition) is 6. The Kier molecular flexibility index (Phi) is 10.0. The van der Waals surface area contributed by atoms with E-state index in [-0.39, 0.29) is 35.0 Å². The molecule has 0 aliphatic heterocycles. The molecule has 0 saturated heterocycles. The number of pyridine rings is 1. The number of H-pyrrole nitrogens is 1. The van der Waals surface area contributed by atoms with Gasteiger partial charge in [-0.2, -0.15) is 18.9 Å². The van der Waals surface area contributed by atoms with Gasteiger partial charge in [-0.15, -0.1) is 0 Å². The van der Waals surface area contributed by atoms with Crippen molar-refractivity contribution >= 4 is 17.4 Å². The van der Waals surface area contributed by atoms with Gasteiger partial charge in [-0.25, -0.2) is 4.79 Å². The van der Waals surface area contributed by atoms with Crippen molar-refractivity contribution in [2.24, 2.45) is 0 Å². The van der Waals surface area contributed by atoms with Gasteiger partial charge in [0.1, 0.15) is 12.0 Å². The number of halogens is 2. The lowest BCUT2D eigenvalue weighted by Gasteiger charge is -2.36. The van der Waals surface area contributed by atoms with Gasteiger partial charge in [0.15, 0.2) is 0 Å². The molecule has 9 nitrogen and oxygen atoms in total. The predicted octanol–water partition coefficient (Wildman–Crippen LogP) is 6.15. The van der Waals surface area contributed by atoms with Crippen LogP contribution in [0.1, 0.15) is 57.4 Å². The molecule has 11 heteroatoms. The van der Waals surface area contributed by atoms with Crippen LogP contribution in [0.3, 0.4) is 0 Å². The van der Waals surface area contributed by atoms with Gasteiger partial charge in [-0.3, -0.25) is 9.69 Å². The summed E-state index contributed by atoms with van der Waals surface area (Å²) in [6, 6.07) is 11.7. The number of anilines is 2. The summed E-state index contributed by atoms with van der Waals surface area (Å²) in [5.41, 5.74) is 1.75. The standard InChI is InChI=1S/C23H29F2N3O3.C3H3NO2/c1-15(2)17-11-7-8-12-19(17)28(16-9-5-4-6-10-16)23(29)26-18-13-14-20(30-3)27-21(18)31-22(24)25;5-3-1-2-6-4-3/h7-8,11-16,22H,4-6,9-10H2,1-3H3,(H,26,29);1-2H,(H,4,5). The molecule has 4 rings (SSSR count). The Morgan fingerprint density at radius 1 is 1.14 bits per heavy atom. The van der Waals surface area contributed by atoms with Crippen molar-refractivity contribution in [3.63, 3.8) is 0 Å². The SMILES string of the molecule is COc1ccc(NC(=O)N(c2ccccc2C(C)C)C2CCCCC2)c(OC(F)F)n1.O=c1cco[nH]1. The highest BCUT2D eigenvalue weighted by molar-refractivity contribution is 6.03. The van der Waals surface area contributed by atoms with E-state index in [1.165, 1.54) is 31.6 Å². The molecule has 200 valence electrons. The van der Waals surface area contributed by atoms with Crippen LogP contribution in [-0.4, -0.2) is 35.9 Å². The van der Waals surface area contributed by atoms with E-state index in [0.717, 1.165) is 43.4 Å². The number of alkyl halides is 2. The highest BCUT2D eigenvalue weighted by Gasteiger charge is 2.30. The van der Waals surface area contributed by atoms with E-state index in [2.05, 4.69) is 38.6 Å². The van der Waals surface area contributed by atoms with Gasteiger partial charge in [0.2, 0.25) is 11.8 Å². The van der Waals surface area contributed by atoms with Crippen molar-refractivity contribution < 1.29 is 27.6 Å². The number of aromatic amines is 1. The number of benzene rings is 1. The Morgan fingerprint density at radius 2 is 1.86 bits per heavy atom. The molecule has 1 aromatic carbocycles. The molecule has 0 spiro atoms. The van der Waals surface area contributed by atoms with E-state index < -0.39 is 12.6 Å². The fourth-order valence-corrected chi connectivity index (χ4v) is 4.21. The second-order valence-electron chi connectivity index (χ2n) is 8.78. The molecule has 0 bridgehead atoms. The Hall–Kier alpha value is -3.89. The number of methoxy groups -OCH3 is 1. The average Bonchev–Trinajstić information content (AvgIpc) is 3.37. The van der Waals surface area contributed by atoms with Crippen molar-refractivity contribution in [1.82, 2.24) is 10.1 Å². The number of nitrogens with zero attached hydrogens (tertiary/aromatic N) is 2. The fraction of sp³-hybridized carbons (Fsp3) is 0.423. The molecule has 2 heterocycles. The summed E-state index contributed by atoms with van der Waals surface area (Å²) in [7, 11) is 1.38.